The molecule has 0 saturated carbocycles. The SMILES string of the molecule is C=Cc1cnn(C)c1NC. The zero-order valence-corrected chi connectivity index (χ0v) is 6.26. The number of nitrogens with zero attached hydrogens (tertiary/aromatic N) is 2. The lowest BCUT2D eigenvalue weighted by Crippen LogP contribution is -1.98. The second-order valence-electron chi connectivity index (χ2n) is 2.03. The largest absolute Gasteiger partial charge is 0.373 e. The van der Waals surface area contributed by atoms with E-state index in [0.29, 0.717) is 0 Å². The molecule has 3 nitrogen and oxygen atoms in total. The normalized spacial score (nSPS) is 9.40. The fourth-order valence-electron chi connectivity index (χ4n) is 0.910. The lowest BCUT2D eigenvalue weighted by atomic mass is 10.3. The molecule has 0 fully saturated rings. The maximum absolute atomic E-state index is 4.04. The lowest BCUT2D eigenvalue weighted by Gasteiger charge is -1.99. The van der Waals surface area contributed by atoms with Gasteiger partial charge in [-0.25, -0.2) is 0 Å². The number of rotatable bonds is 2. The van der Waals surface area contributed by atoms with Crippen molar-refractivity contribution in [1.29, 1.82) is 0 Å². The Bertz CT molecular complexity index is 237. The highest BCUT2D eigenvalue weighted by atomic mass is 15.3. The molecule has 1 aromatic heterocycles. The van der Waals surface area contributed by atoms with Crippen molar-refractivity contribution in [2.45, 2.75) is 0 Å². The van der Waals surface area contributed by atoms with Gasteiger partial charge in [0.1, 0.15) is 5.82 Å². The number of anilines is 1. The molecule has 0 bridgehead atoms. The van der Waals surface area contributed by atoms with Crippen molar-refractivity contribution in [3.05, 3.63) is 18.3 Å². The molecule has 10 heavy (non-hydrogen) atoms. The van der Waals surface area contributed by atoms with Crippen LogP contribution in [0.15, 0.2) is 12.8 Å². The Kier molecular flexibility index (Phi) is 1.76. The quantitative estimate of drug-likeness (QED) is 0.661. The van der Waals surface area contributed by atoms with E-state index in [4.69, 9.17) is 0 Å². The van der Waals surface area contributed by atoms with Gasteiger partial charge >= 0.3 is 0 Å². The molecule has 1 heterocycles. The number of hydrogen-bond acceptors (Lipinski definition) is 2. The first kappa shape index (κ1) is 6.86. The van der Waals surface area contributed by atoms with Gasteiger partial charge in [-0.1, -0.05) is 12.7 Å². The zero-order chi connectivity index (χ0) is 7.56. The standard InChI is InChI=1S/C7H11N3/c1-4-6-5-9-10(3)7(6)8-2/h4-5,8H,1H2,2-3H3. The van der Waals surface area contributed by atoms with E-state index < -0.39 is 0 Å². The van der Waals surface area contributed by atoms with Crippen molar-refractivity contribution in [2.75, 3.05) is 12.4 Å². The van der Waals surface area contributed by atoms with Gasteiger partial charge in [0.05, 0.1) is 6.20 Å². The molecule has 1 N–H and O–H groups in total. The molecule has 0 aliphatic carbocycles. The van der Waals surface area contributed by atoms with Crippen LogP contribution in [0.3, 0.4) is 0 Å². The Balaban J connectivity index is 3.12. The van der Waals surface area contributed by atoms with Crippen LogP contribution < -0.4 is 5.32 Å². The smallest absolute Gasteiger partial charge is 0.130 e. The van der Waals surface area contributed by atoms with Gasteiger partial charge in [-0.05, 0) is 0 Å². The summed E-state index contributed by atoms with van der Waals surface area (Å²) >= 11 is 0. The van der Waals surface area contributed by atoms with E-state index in [2.05, 4.69) is 17.0 Å². The molecule has 0 aliphatic heterocycles. The highest BCUT2D eigenvalue weighted by Crippen LogP contribution is 2.13. The van der Waals surface area contributed by atoms with E-state index in [1.54, 1.807) is 17.0 Å². The topological polar surface area (TPSA) is 29.9 Å². The van der Waals surface area contributed by atoms with E-state index in [0.717, 1.165) is 11.4 Å². The molecule has 0 atom stereocenters. The second kappa shape index (κ2) is 2.56. The van der Waals surface area contributed by atoms with E-state index in [1.807, 2.05) is 14.1 Å². The van der Waals surface area contributed by atoms with Gasteiger partial charge in [-0.3, -0.25) is 4.68 Å². The van der Waals surface area contributed by atoms with E-state index in [9.17, 15) is 0 Å². The molecule has 0 aromatic carbocycles. The van der Waals surface area contributed by atoms with Gasteiger partial charge in [0.2, 0.25) is 0 Å². The molecule has 1 aromatic rings. The predicted molar refractivity (Wildman–Crippen MR) is 42.8 cm³/mol. The molecule has 0 spiro atoms. The fraction of sp³-hybridized carbons (Fsp3) is 0.286. The van der Waals surface area contributed by atoms with Gasteiger partial charge < -0.3 is 5.32 Å². The molecule has 0 amide bonds. The van der Waals surface area contributed by atoms with Crippen molar-refractivity contribution in [3.8, 4) is 0 Å². The average molecular weight is 137 g/mol. The molecule has 0 unspecified atom stereocenters. The molecule has 0 saturated heterocycles. The summed E-state index contributed by atoms with van der Waals surface area (Å²) in [6, 6.07) is 0. The third-order valence-electron chi connectivity index (χ3n) is 1.42. The minimum Gasteiger partial charge on any atom is -0.373 e. The fourth-order valence-corrected chi connectivity index (χ4v) is 0.910. The third-order valence-corrected chi connectivity index (χ3v) is 1.42. The van der Waals surface area contributed by atoms with Crippen molar-refractivity contribution in [3.63, 3.8) is 0 Å². The van der Waals surface area contributed by atoms with Gasteiger partial charge in [-0.15, -0.1) is 0 Å². The maximum atomic E-state index is 4.04. The summed E-state index contributed by atoms with van der Waals surface area (Å²) in [5.74, 6) is 0.995. The van der Waals surface area contributed by atoms with E-state index in [1.165, 1.54) is 0 Å². The summed E-state index contributed by atoms with van der Waals surface area (Å²) in [6.45, 7) is 3.66. The highest BCUT2D eigenvalue weighted by molar-refractivity contribution is 5.61. The summed E-state index contributed by atoms with van der Waals surface area (Å²) in [5, 5.41) is 7.07. The van der Waals surface area contributed by atoms with Gasteiger partial charge in [0, 0.05) is 19.7 Å². The van der Waals surface area contributed by atoms with Crippen LogP contribution in [0.25, 0.3) is 6.08 Å². The molecule has 3 heteroatoms. The summed E-state index contributed by atoms with van der Waals surface area (Å²) in [6.07, 6.45) is 3.55. The van der Waals surface area contributed by atoms with Crippen LogP contribution >= 0.6 is 0 Å². The van der Waals surface area contributed by atoms with Crippen LogP contribution in [0.1, 0.15) is 5.56 Å². The molecular formula is C7H11N3. The molecule has 1 rings (SSSR count). The number of nitrogens with one attached hydrogen (secondary N) is 1. The van der Waals surface area contributed by atoms with E-state index >= 15 is 0 Å². The van der Waals surface area contributed by atoms with Crippen LogP contribution in [0.5, 0.6) is 0 Å². The molecule has 54 valence electrons. The highest BCUT2D eigenvalue weighted by Gasteiger charge is 2.00. The Hall–Kier alpha value is -1.25. The predicted octanol–water partition coefficient (Wildman–Crippen LogP) is 1.10. The van der Waals surface area contributed by atoms with Crippen LogP contribution in [0.2, 0.25) is 0 Å². The molecule has 0 radical (unpaired) electrons. The van der Waals surface area contributed by atoms with Crippen molar-refractivity contribution >= 4 is 11.9 Å². The van der Waals surface area contributed by atoms with E-state index in [-0.39, 0.29) is 0 Å². The Morgan fingerprint density at radius 3 is 2.90 bits per heavy atom. The number of aromatic nitrogens is 2. The maximum Gasteiger partial charge on any atom is 0.130 e. The lowest BCUT2D eigenvalue weighted by molar-refractivity contribution is 0.774. The van der Waals surface area contributed by atoms with Crippen LogP contribution in [0.4, 0.5) is 5.82 Å². The van der Waals surface area contributed by atoms with Gasteiger partial charge in [0.25, 0.3) is 0 Å². The van der Waals surface area contributed by atoms with Crippen LogP contribution in [-0.2, 0) is 7.05 Å². The van der Waals surface area contributed by atoms with Crippen molar-refractivity contribution in [2.24, 2.45) is 7.05 Å². The molecular weight excluding hydrogens is 126 g/mol. The van der Waals surface area contributed by atoms with Crippen LogP contribution in [0, 0.1) is 0 Å². The van der Waals surface area contributed by atoms with Gasteiger partial charge in [-0.2, -0.15) is 5.10 Å². The third kappa shape index (κ3) is 0.900. The average Bonchev–Trinajstić information content (AvgIpc) is 2.30. The Labute approximate surface area is 60.4 Å². The summed E-state index contributed by atoms with van der Waals surface area (Å²) in [4.78, 5) is 0. The zero-order valence-electron chi connectivity index (χ0n) is 6.26. The summed E-state index contributed by atoms with van der Waals surface area (Å²) < 4.78 is 1.77. The monoisotopic (exact) mass is 137 g/mol. The van der Waals surface area contributed by atoms with Crippen LogP contribution in [-0.4, -0.2) is 16.8 Å². The first-order valence-electron chi connectivity index (χ1n) is 3.11. The first-order chi connectivity index (χ1) is 4.79. The first-order valence-corrected chi connectivity index (χ1v) is 3.11. The van der Waals surface area contributed by atoms with Gasteiger partial charge in [0.15, 0.2) is 0 Å². The Morgan fingerprint density at radius 1 is 1.80 bits per heavy atom. The summed E-state index contributed by atoms with van der Waals surface area (Å²) in [7, 11) is 3.75. The minimum absolute atomic E-state index is 0.995. The second-order valence-corrected chi connectivity index (χ2v) is 2.03. The number of aryl methyl sites for hydroxylation is 1. The van der Waals surface area contributed by atoms with Crippen molar-refractivity contribution in [1.82, 2.24) is 9.78 Å². The van der Waals surface area contributed by atoms with Crippen molar-refractivity contribution < 1.29 is 0 Å². The molecule has 0 aliphatic rings. The number of hydrogen-bond donors (Lipinski definition) is 1. The minimum atomic E-state index is 0.995. The summed E-state index contributed by atoms with van der Waals surface area (Å²) in [5.41, 5.74) is 1.03. The Morgan fingerprint density at radius 2 is 2.50 bits per heavy atom.